The lowest BCUT2D eigenvalue weighted by atomic mass is 10.2. The topological polar surface area (TPSA) is 90.4 Å². The molecule has 2 aromatic carbocycles. The van der Waals surface area contributed by atoms with E-state index < -0.39 is 0 Å². The van der Waals surface area contributed by atoms with Gasteiger partial charge in [-0.3, -0.25) is 4.79 Å². The van der Waals surface area contributed by atoms with Gasteiger partial charge in [-0.15, -0.1) is 0 Å². The van der Waals surface area contributed by atoms with Gasteiger partial charge >= 0.3 is 0 Å². The van der Waals surface area contributed by atoms with Gasteiger partial charge in [0.1, 0.15) is 23.6 Å². The first-order chi connectivity index (χ1) is 12.3. The van der Waals surface area contributed by atoms with Crippen molar-refractivity contribution in [2.45, 2.75) is 6.61 Å². The number of hydrogen-bond acceptors (Lipinski definition) is 6. The van der Waals surface area contributed by atoms with Crippen molar-refractivity contribution < 1.29 is 18.6 Å². The molecule has 4 rings (SSSR count). The molecule has 7 nitrogen and oxygen atoms in total. The van der Waals surface area contributed by atoms with Gasteiger partial charge in [-0.05, 0) is 46.7 Å². The number of fused-ring (bicyclic) bond motifs is 1. The SMILES string of the molecule is O=C(Nc1cccc2nonc12)c1ccc(COc2ccccc2)o1. The Morgan fingerprint density at radius 1 is 1.00 bits per heavy atom. The first kappa shape index (κ1) is 14.9. The molecule has 1 amide bonds. The number of carbonyl (C=O) groups is 1. The van der Waals surface area contributed by atoms with Gasteiger partial charge in [-0.25, -0.2) is 4.63 Å². The number of amides is 1. The number of hydrogen-bond donors (Lipinski definition) is 1. The van der Waals surface area contributed by atoms with Gasteiger partial charge in [0, 0.05) is 0 Å². The van der Waals surface area contributed by atoms with Crippen molar-refractivity contribution in [3.63, 3.8) is 0 Å². The average Bonchev–Trinajstić information content (AvgIpc) is 3.31. The molecule has 0 bridgehead atoms. The molecule has 0 radical (unpaired) electrons. The number of para-hydroxylation sites is 1. The third-order valence-electron chi connectivity index (χ3n) is 3.54. The first-order valence-electron chi connectivity index (χ1n) is 7.59. The number of nitrogens with zero attached hydrogens (tertiary/aromatic N) is 2. The quantitative estimate of drug-likeness (QED) is 0.599. The molecule has 2 heterocycles. The van der Waals surface area contributed by atoms with Crippen molar-refractivity contribution in [3.8, 4) is 5.75 Å². The van der Waals surface area contributed by atoms with Crippen LogP contribution >= 0.6 is 0 Å². The zero-order valence-corrected chi connectivity index (χ0v) is 13.0. The van der Waals surface area contributed by atoms with E-state index in [1.807, 2.05) is 30.3 Å². The Kier molecular flexibility index (Phi) is 3.88. The molecule has 0 atom stereocenters. The lowest BCUT2D eigenvalue weighted by Gasteiger charge is -2.04. The average molecular weight is 335 g/mol. The van der Waals surface area contributed by atoms with Gasteiger partial charge in [0.2, 0.25) is 0 Å². The Morgan fingerprint density at radius 2 is 1.88 bits per heavy atom. The second-order valence-corrected chi connectivity index (χ2v) is 5.26. The molecule has 0 aliphatic heterocycles. The fourth-order valence-corrected chi connectivity index (χ4v) is 2.34. The number of anilines is 1. The second-order valence-electron chi connectivity index (χ2n) is 5.26. The molecule has 4 aromatic rings. The standard InChI is InChI=1S/C18H13N3O4/c22-18(19-14-7-4-8-15-17(14)21-25-20-15)16-10-9-13(24-16)11-23-12-5-2-1-3-6-12/h1-10H,11H2,(H,19,22). The van der Waals surface area contributed by atoms with Crippen molar-refractivity contribution in [2.24, 2.45) is 0 Å². The van der Waals surface area contributed by atoms with Crippen LogP contribution in [0.15, 0.2) is 69.7 Å². The minimum Gasteiger partial charge on any atom is -0.486 e. The van der Waals surface area contributed by atoms with Crippen LogP contribution in [-0.4, -0.2) is 16.2 Å². The molecule has 0 unspecified atom stereocenters. The number of nitrogens with one attached hydrogen (secondary N) is 1. The summed E-state index contributed by atoms with van der Waals surface area (Å²) in [6.07, 6.45) is 0. The molecule has 7 heteroatoms. The first-order valence-corrected chi connectivity index (χ1v) is 7.59. The molecule has 25 heavy (non-hydrogen) atoms. The smallest absolute Gasteiger partial charge is 0.291 e. The van der Waals surface area contributed by atoms with Gasteiger partial charge in [0.25, 0.3) is 5.91 Å². The third kappa shape index (κ3) is 3.20. The zero-order valence-electron chi connectivity index (χ0n) is 13.0. The molecular weight excluding hydrogens is 322 g/mol. The Hall–Kier alpha value is -3.61. The monoisotopic (exact) mass is 335 g/mol. The summed E-state index contributed by atoms with van der Waals surface area (Å²) >= 11 is 0. The Balaban J connectivity index is 1.44. The molecular formula is C18H13N3O4. The van der Waals surface area contributed by atoms with E-state index in [2.05, 4.69) is 20.3 Å². The van der Waals surface area contributed by atoms with E-state index in [9.17, 15) is 4.79 Å². The Labute approximate surface area is 142 Å². The highest BCUT2D eigenvalue weighted by molar-refractivity contribution is 6.06. The van der Waals surface area contributed by atoms with Gasteiger partial charge in [0.05, 0.1) is 5.69 Å². The lowest BCUT2D eigenvalue weighted by Crippen LogP contribution is -2.11. The molecule has 1 N–H and O–H groups in total. The maximum absolute atomic E-state index is 12.3. The highest BCUT2D eigenvalue weighted by Crippen LogP contribution is 2.21. The van der Waals surface area contributed by atoms with Crippen LogP contribution in [0.25, 0.3) is 11.0 Å². The number of rotatable bonds is 5. The predicted molar refractivity (Wildman–Crippen MR) is 89.2 cm³/mol. The summed E-state index contributed by atoms with van der Waals surface area (Å²) < 4.78 is 15.8. The van der Waals surface area contributed by atoms with Crippen molar-refractivity contribution in [3.05, 3.63) is 72.2 Å². The van der Waals surface area contributed by atoms with Crippen LogP contribution in [0.5, 0.6) is 5.75 Å². The normalized spacial score (nSPS) is 10.7. The fraction of sp³-hybridized carbons (Fsp3) is 0.0556. The van der Waals surface area contributed by atoms with Crippen molar-refractivity contribution in [2.75, 3.05) is 5.32 Å². The minimum atomic E-state index is -0.388. The van der Waals surface area contributed by atoms with Gasteiger partial charge < -0.3 is 14.5 Å². The van der Waals surface area contributed by atoms with Crippen LogP contribution < -0.4 is 10.1 Å². The highest BCUT2D eigenvalue weighted by Gasteiger charge is 2.14. The largest absolute Gasteiger partial charge is 0.486 e. The van der Waals surface area contributed by atoms with E-state index in [1.165, 1.54) is 0 Å². The van der Waals surface area contributed by atoms with Crippen LogP contribution in [0.2, 0.25) is 0 Å². The molecule has 0 aliphatic rings. The van der Waals surface area contributed by atoms with E-state index >= 15 is 0 Å². The summed E-state index contributed by atoms with van der Waals surface area (Å²) in [6.45, 7) is 0.236. The zero-order chi connectivity index (χ0) is 17.1. The Bertz CT molecular complexity index is 1010. The second kappa shape index (κ2) is 6.48. The van der Waals surface area contributed by atoms with Crippen LogP contribution in [-0.2, 0) is 6.61 Å². The van der Waals surface area contributed by atoms with E-state index in [0.29, 0.717) is 22.5 Å². The number of benzene rings is 2. The maximum Gasteiger partial charge on any atom is 0.291 e. The highest BCUT2D eigenvalue weighted by atomic mass is 16.6. The van der Waals surface area contributed by atoms with Crippen molar-refractivity contribution >= 4 is 22.6 Å². The summed E-state index contributed by atoms with van der Waals surface area (Å²) in [5, 5.41) is 10.3. The van der Waals surface area contributed by atoms with Gasteiger partial charge in [-0.2, -0.15) is 0 Å². The fourth-order valence-electron chi connectivity index (χ4n) is 2.34. The summed E-state index contributed by atoms with van der Waals surface area (Å²) in [5.74, 6) is 1.08. The van der Waals surface area contributed by atoms with Gasteiger partial charge in [0.15, 0.2) is 11.3 Å². The maximum atomic E-state index is 12.3. The van der Waals surface area contributed by atoms with Crippen LogP contribution in [0.4, 0.5) is 5.69 Å². The van der Waals surface area contributed by atoms with Gasteiger partial charge in [-0.1, -0.05) is 24.3 Å². The van der Waals surface area contributed by atoms with Crippen LogP contribution in [0.3, 0.4) is 0 Å². The van der Waals surface area contributed by atoms with Crippen molar-refractivity contribution in [1.29, 1.82) is 0 Å². The lowest BCUT2D eigenvalue weighted by molar-refractivity contribution is 0.0992. The van der Waals surface area contributed by atoms with E-state index in [4.69, 9.17) is 9.15 Å². The molecule has 0 fully saturated rings. The molecule has 0 spiro atoms. The van der Waals surface area contributed by atoms with E-state index in [1.54, 1.807) is 30.3 Å². The van der Waals surface area contributed by atoms with E-state index in [-0.39, 0.29) is 18.3 Å². The Morgan fingerprint density at radius 3 is 2.76 bits per heavy atom. The van der Waals surface area contributed by atoms with Crippen LogP contribution in [0.1, 0.15) is 16.3 Å². The molecule has 0 saturated carbocycles. The summed E-state index contributed by atoms with van der Waals surface area (Å²) in [4.78, 5) is 12.3. The number of ether oxygens (including phenoxy) is 1. The predicted octanol–water partition coefficient (Wildman–Crippen LogP) is 3.65. The third-order valence-corrected chi connectivity index (χ3v) is 3.54. The minimum absolute atomic E-state index is 0.181. The number of aromatic nitrogens is 2. The number of carbonyl (C=O) groups excluding carboxylic acids is 1. The van der Waals surface area contributed by atoms with Crippen LogP contribution in [0, 0.1) is 0 Å². The van der Waals surface area contributed by atoms with E-state index in [0.717, 1.165) is 5.75 Å². The molecule has 124 valence electrons. The molecule has 0 aliphatic carbocycles. The summed E-state index contributed by atoms with van der Waals surface area (Å²) in [7, 11) is 0. The summed E-state index contributed by atoms with van der Waals surface area (Å²) in [6, 6.07) is 17.9. The molecule has 0 saturated heterocycles. The summed E-state index contributed by atoms with van der Waals surface area (Å²) in [5.41, 5.74) is 1.55. The van der Waals surface area contributed by atoms with Crippen molar-refractivity contribution in [1.82, 2.24) is 10.3 Å². The number of furan rings is 1. The molecule has 2 aromatic heterocycles.